The van der Waals surface area contributed by atoms with Gasteiger partial charge in [-0.2, -0.15) is 0 Å². The molecule has 7 heteroatoms. The lowest BCUT2D eigenvalue weighted by molar-refractivity contribution is -0.458. The average molecular weight is 366 g/mol. The molecule has 9 atom stereocenters. The van der Waals surface area contributed by atoms with Crippen molar-refractivity contribution in [1.82, 2.24) is 0 Å². The van der Waals surface area contributed by atoms with Gasteiger partial charge in [0.15, 0.2) is 0 Å². The van der Waals surface area contributed by atoms with Crippen LogP contribution in [0.1, 0.15) is 39.5 Å². The quantitative estimate of drug-likeness (QED) is 0.422. The number of hydrogen-bond acceptors (Lipinski definition) is 7. The zero-order chi connectivity index (χ0) is 18.9. The molecule has 2 saturated heterocycles. The molecule has 7 nitrogen and oxygen atoms in total. The molecule has 2 spiro atoms. The van der Waals surface area contributed by atoms with E-state index in [0.717, 1.165) is 0 Å². The second kappa shape index (κ2) is 4.58. The molecule has 6 aliphatic rings. The Balaban J connectivity index is 1.81. The third-order valence-corrected chi connectivity index (χ3v) is 8.70. The molecule has 2 aliphatic heterocycles. The van der Waals surface area contributed by atoms with Gasteiger partial charge < -0.3 is 25.2 Å². The minimum absolute atomic E-state index is 0.0150. The van der Waals surface area contributed by atoms with Gasteiger partial charge in [-0.15, -0.1) is 0 Å². The molecule has 6 rings (SSSR count). The van der Waals surface area contributed by atoms with Crippen LogP contribution in [0.15, 0.2) is 0 Å². The van der Waals surface area contributed by atoms with Crippen LogP contribution >= 0.6 is 0 Å². The van der Waals surface area contributed by atoms with Gasteiger partial charge in [-0.1, -0.05) is 13.8 Å². The molecule has 4 N–H and O–H groups in total. The summed E-state index contributed by atoms with van der Waals surface area (Å²) < 4.78 is 5.69. The number of aliphatic hydroxyl groups is 4. The number of rotatable bonds is 0. The number of aliphatic hydroxyl groups excluding tert-OH is 3. The Labute approximate surface area is 151 Å². The van der Waals surface area contributed by atoms with E-state index in [-0.39, 0.29) is 12.0 Å². The smallest absolute Gasteiger partial charge is 0.213 e. The number of ether oxygens (including phenoxy) is 1. The first-order valence-corrected chi connectivity index (χ1v) is 9.56. The second-order valence-corrected chi connectivity index (χ2v) is 9.81. The van der Waals surface area contributed by atoms with E-state index in [9.17, 15) is 30.0 Å². The van der Waals surface area contributed by atoms with Crippen molar-refractivity contribution in [2.75, 3.05) is 6.61 Å². The summed E-state index contributed by atoms with van der Waals surface area (Å²) in [6.07, 6.45) is -1.71. The number of fused-ring (bicyclic) bond motifs is 2. The topological polar surface area (TPSA) is 124 Å². The molecule has 0 amide bonds. The van der Waals surface area contributed by atoms with Crippen molar-refractivity contribution in [3.8, 4) is 0 Å². The van der Waals surface area contributed by atoms with Crippen LogP contribution in [0.3, 0.4) is 0 Å². The molecule has 6 fully saturated rings. The van der Waals surface area contributed by atoms with E-state index >= 15 is 0 Å². The number of hydrogen-bond donors (Lipinski definition) is 4. The molecule has 4 saturated carbocycles. The maximum atomic E-state index is 13.1. The Bertz CT molecular complexity index is 719. The molecule has 0 aromatic carbocycles. The Morgan fingerprint density at radius 2 is 1.73 bits per heavy atom. The summed E-state index contributed by atoms with van der Waals surface area (Å²) in [5.74, 6) is -5.77. The van der Waals surface area contributed by atoms with Crippen LogP contribution < -0.4 is 0 Å². The van der Waals surface area contributed by atoms with Crippen molar-refractivity contribution in [3.63, 3.8) is 0 Å². The molecular formula is C19H26O7. The molecule has 0 unspecified atom stereocenters. The highest BCUT2D eigenvalue weighted by molar-refractivity contribution is 6.43. The van der Waals surface area contributed by atoms with Crippen LogP contribution in [0.5, 0.6) is 0 Å². The summed E-state index contributed by atoms with van der Waals surface area (Å²) in [6.45, 7) is 4.00. The minimum atomic E-state index is -2.31. The van der Waals surface area contributed by atoms with Crippen molar-refractivity contribution in [2.24, 2.45) is 34.0 Å². The Morgan fingerprint density at radius 3 is 2.42 bits per heavy atom. The zero-order valence-electron chi connectivity index (χ0n) is 15.0. The van der Waals surface area contributed by atoms with Gasteiger partial charge in [-0.25, -0.2) is 0 Å². The highest BCUT2D eigenvalue weighted by Gasteiger charge is 2.87. The zero-order valence-corrected chi connectivity index (χ0v) is 15.0. The molecular weight excluding hydrogens is 340 g/mol. The lowest BCUT2D eigenvalue weighted by atomic mass is 9.35. The van der Waals surface area contributed by atoms with E-state index < -0.39 is 64.2 Å². The molecule has 0 aromatic rings. The largest absolute Gasteiger partial charge is 0.392 e. The molecule has 4 bridgehead atoms. The van der Waals surface area contributed by atoms with Gasteiger partial charge >= 0.3 is 0 Å². The predicted molar refractivity (Wildman–Crippen MR) is 86.5 cm³/mol. The third kappa shape index (κ3) is 1.40. The van der Waals surface area contributed by atoms with Crippen LogP contribution in [0.25, 0.3) is 0 Å². The molecule has 2 heterocycles. The van der Waals surface area contributed by atoms with Crippen LogP contribution in [-0.2, 0) is 14.3 Å². The van der Waals surface area contributed by atoms with Gasteiger partial charge in [0.25, 0.3) is 0 Å². The molecule has 26 heavy (non-hydrogen) atoms. The van der Waals surface area contributed by atoms with Gasteiger partial charge in [-0.05, 0) is 37.0 Å². The summed E-state index contributed by atoms with van der Waals surface area (Å²) >= 11 is 0. The van der Waals surface area contributed by atoms with Gasteiger partial charge in [0.2, 0.25) is 17.4 Å². The first kappa shape index (κ1) is 17.3. The van der Waals surface area contributed by atoms with E-state index in [1.165, 1.54) is 0 Å². The monoisotopic (exact) mass is 366 g/mol. The van der Waals surface area contributed by atoms with Crippen LogP contribution in [0, 0.1) is 34.0 Å². The van der Waals surface area contributed by atoms with Gasteiger partial charge in [0.1, 0.15) is 11.5 Å². The van der Waals surface area contributed by atoms with E-state index in [2.05, 4.69) is 0 Å². The number of carbonyl (C=O) groups is 2. The molecule has 144 valence electrons. The van der Waals surface area contributed by atoms with Crippen molar-refractivity contribution in [1.29, 1.82) is 0 Å². The highest BCUT2D eigenvalue weighted by atomic mass is 16.6. The van der Waals surface area contributed by atoms with Gasteiger partial charge in [-0.3, -0.25) is 9.59 Å². The van der Waals surface area contributed by atoms with E-state index in [4.69, 9.17) is 4.74 Å². The Hall–Kier alpha value is -0.860. The summed E-state index contributed by atoms with van der Waals surface area (Å²) in [7, 11) is 0. The number of ketones is 2. The molecule has 0 radical (unpaired) electrons. The summed E-state index contributed by atoms with van der Waals surface area (Å²) in [6, 6.07) is 0. The lowest BCUT2D eigenvalue weighted by Gasteiger charge is -2.74. The Kier molecular flexibility index (Phi) is 3.04. The number of Topliss-reactive ketones (excluding diaryl/α,β-unsaturated/α-hetero) is 2. The van der Waals surface area contributed by atoms with Crippen molar-refractivity contribution in [2.45, 2.75) is 63.6 Å². The highest BCUT2D eigenvalue weighted by Crippen LogP contribution is 2.75. The fourth-order valence-corrected chi connectivity index (χ4v) is 7.75. The molecule has 0 aromatic heterocycles. The first-order valence-electron chi connectivity index (χ1n) is 9.56. The fourth-order valence-electron chi connectivity index (χ4n) is 7.75. The van der Waals surface area contributed by atoms with E-state index in [1.54, 1.807) is 0 Å². The fraction of sp³-hybridized carbons (Fsp3) is 0.895. The number of carbonyl (C=O) groups excluding carboxylic acids is 2. The van der Waals surface area contributed by atoms with E-state index in [0.29, 0.717) is 25.7 Å². The summed E-state index contributed by atoms with van der Waals surface area (Å²) in [5, 5.41) is 44.7. The SMILES string of the molecule is CC1(C)CC[C@H](O)[C@]23CO[C@](O)([C@@H](O)[C@H]12)[C@]12C(=O)C(=O)[C@H](CC[C@@H]31)[C@H]2O. The van der Waals surface area contributed by atoms with E-state index in [1.807, 2.05) is 13.8 Å². The van der Waals surface area contributed by atoms with Crippen LogP contribution in [0.4, 0.5) is 0 Å². The molecule has 4 aliphatic carbocycles. The van der Waals surface area contributed by atoms with Gasteiger partial charge in [0, 0.05) is 11.3 Å². The second-order valence-electron chi connectivity index (χ2n) is 9.81. The predicted octanol–water partition coefficient (Wildman–Crippen LogP) is -0.612. The van der Waals surface area contributed by atoms with Crippen molar-refractivity contribution >= 4 is 11.6 Å². The van der Waals surface area contributed by atoms with Gasteiger partial charge in [0.05, 0.1) is 24.7 Å². The summed E-state index contributed by atoms with van der Waals surface area (Å²) in [4.78, 5) is 25.6. The first-order chi connectivity index (χ1) is 12.1. The maximum absolute atomic E-state index is 13.1. The van der Waals surface area contributed by atoms with Crippen LogP contribution in [-0.4, -0.2) is 62.7 Å². The Morgan fingerprint density at radius 1 is 1.04 bits per heavy atom. The average Bonchev–Trinajstić information content (AvgIpc) is 2.69. The lowest BCUT2D eigenvalue weighted by Crippen LogP contribution is -2.85. The van der Waals surface area contributed by atoms with Crippen molar-refractivity contribution < 1.29 is 34.8 Å². The van der Waals surface area contributed by atoms with Crippen LogP contribution in [0.2, 0.25) is 0 Å². The minimum Gasteiger partial charge on any atom is -0.392 e. The maximum Gasteiger partial charge on any atom is 0.213 e. The normalized spacial score (nSPS) is 59.9. The standard InChI is InChI=1S/C19H26O7/c1-16(2)6-5-10(20)17-7-26-19(25,15(24)12(16)17)18-9(17)4-3-8(13(18)22)11(21)14(18)23/h8-10,12-13,15,20,22,24-25H,3-7H2,1-2H3/t8-,9-,10-,12+,13+,15-,17+,18+,19+/m0/s1. The summed E-state index contributed by atoms with van der Waals surface area (Å²) in [5.41, 5.74) is -3.22. The third-order valence-electron chi connectivity index (χ3n) is 8.70. The van der Waals surface area contributed by atoms with Crippen molar-refractivity contribution in [3.05, 3.63) is 0 Å².